The Morgan fingerprint density at radius 1 is 0.312 bits per heavy atom. The van der Waals surface area contributed by atoms with Crippen LogP contribution in [-0.4, -0.2) is 6.71 Å². The van der Waals surface area contributed by atoms with E-state index in [1.807, 2.05) is 0 Å². The second kappa shape index (κ2) is 17.4. The highest BCUT2D eigenvalue weighted by atomic mass is 16.3. The van der Waals surface area contributed by atoms with E-state index in [2.05, 4.69) is 284 Å². The van der Waals surface area contributed by atoms with Gasteiger partial charge in [0.1, 0.15) is 11.2 Å². The fourth-order valence-electron chi connectivity index (χ4n) is 12.8. The molecule has 0 saturated heterocycles. The molecule has 2 aliphatic rings. The Bertz CT molecular complexity index is 4070. The number of rotatable bonds is 8. The molecule has 0 unspecified atom stereocenters. The molecule has 7 heteroatoms. The number of para-hydroxylation sites is 6. The summed E-state index contributed by atoms with van der Waals surface area (Å²) in [6.45, 7) is 8.76. The molecule has 0 atom stereocenters. The summed E-state index contributed by atoms with van der Waals surface area (Å²) in [7, 11) is 0. The van der Waals surface area contributed by atoms with Crippen molar-refractivity contribution in [3.8, 4) is 0 Å². The summed E-state index contributed by atoms with van der Waals surface area (Å²) in [4.78, 5) is 9.63. The maximum Gasteiger partial charge on any atom is 0.252 e. The molecule has 0 bridgehead atoms. The Morgan fingerprint density at radius 2 is 0.649 bits per heavy atom. The third kappa shape index (κ3) is 6.83. The number of aryl methyl sites for hydroxylation is 4. The van der Waals surface area contributed by atoms with Crippen molar-refractivity contribution in [2.45, 2.75) is 27.7 Å². The third-order valence-corrected chi connectivity index (χ3v) is 16.1. The number of benzene rings is 11. The van der Waals surface area contributed by atoms with Crippen molar-refractivity contribution in [2.24, 2.45) is 0 Å². The topological polar surface area (TPSA) is 39.2 Å². The number of hydrogen-bond acceptors (Lipinski definition) is 6. The molecule has 6 nitrogen and oxygen atoms in total. The Balaban J connectivity index is 0.997. The van der Waals surface area contributed by atoms with Crippen LogP contribution in [0.4, 0.5) is 68.2 Å². The van der Waals surface area contributed by atoms with Crippen molar-refractivity contribution < 1.29 is 8.83 Å². The highest BCUT2D eigenvalue weighted by Gasteiger charge is 2.46. The Labute approximate surface area is 448 Å². The van der Waals surface area contributed by atoms with Crippen molar-refractivity contribution in [2.75, 3.05) is 19.6 Å². The van der Waals surface area contributed by atoms with E-state index < -0.39 is 0 Å². The number of nitrogens with zero attached hydrogens (tertiary/aromatic N) is 4. The number of fused-ring (bicyclic) bond motifs is 12. The summed E-state index contributed by atoms with van der Waals surface area (Å²) < 4.78 is 14.8. The van der Waals surface area contributed by atoms with Gasteiger partial charge in [-0.3, -0.25) is 0 Å². The van der Waals surface area contributed by atoms with Crippen molar-refractivity contribution in [3.63, 3.8) is 0 Å². The van der Waals surface area contributed by atoms with Gasteiger partial charge in [-0.15, -0.1) is 0 Å². The van der Waals surface area contributed by atoms with Crippen LogP contribution in [0.15, 0.2) is 245 Å². The molecule has 366 valence electrons. The fourth-order valence-corrected chi connectivity index (χ4v) is 12.8. The van der Waals surface area contributed by atoms with Crippen LogP contribution in [0.2, 0.25) is 0 Å². The Kier molecular flexibility index (Phi) is 10.1. The lowest BCUT2D eigenvalue weighted by Gasteiger charge is -2.44. The molecule has 2 aromatic heterocycles. The standard InChI is InChI=1S/C70H51BN4O2/c1-44-20-17-21-45(2)65(44)74-60-32-19-33-61-64(60)71(58-40-38-56-54-36-34-52(42-62(54)76-69(56)67(58)74)72(48-24-9-5-10-25-48)49-26-11-6-12-27-49)59-41-39-57-55-37-35-53(73(50-28-13-7-14-29-50)51-30-15-8-16-31-51)43-63(55)77-70(57)68(59)75(61)66-46(3)22-18-23-47(66)4/h5-43H,1-4H3. The Morgan fingerprint density at radius 3 is 1.01 bits per heavy atom. The largest absolute Gasteiger partial charge is 0.454 e. The smallest absolute Gasteiger partial charge is 0.252 e. The van der Waals surface area contributed by atoms with Crippen LogP contribution in [0.25, 0.3) is 43.9 Å². The molecule has 2 aliphatic heterocycles. The minimum Gasteiger partial charge on any atom is -0.454 e. The summed E-state index contributed by atoms with van der Waals surface area (Å²) in [6.07, 6.45) is 0. The number of hydrogen-bond donors (Lipinski definition) is 0. The summed E-state index contributed by atoms with van der Waals surface area (Å²) in [5.74, 6) is 0. The minimum atomic E-state index is -0.174. The number of anilines is 12. The van der Waals surface area contributed by atoms with Gasteiger partial charge in [0.05, 0.1) is 22.7 Å². The van der Waals surface area contributed by atoms with E-state index in [1.54, 1.807) is 0 Å². The van der Waals surface area contributed by atoms with Crippen LogP contribution in [-0.2, 0) is 0 Å². The maximum atomic E-state index is 7.41. The van der Waals surface area contributed by atoms with Gasteiger partial charge < -0.3 is 28.4 Å². The average molecular weight is 991 g/mol. The van der Waals surface area contributed by atoms with Crippen molar-refractivity contribution in [1.82, 2.24) is 0 Å². The molecule has 0 N–H and O–H groups in total. The van der Waals surface area contributed by atoms with E-state index in [1.165, 1.54) is 38.6 Å². The predicted molar refractivity (Wildman–Crippen MR) is 323 cm³/mol. The van der Waals surface area contributed by atoms with Gasteiger partial charge in [0.15, 0.2) is 11.2 Å². The molecule has 77 heavy (non-hydrogen) atoms. The highest BCUT2D eigenvalue weighted by molar-refractivity contribution is 7.00. The fraction of sp³-hybridized carbons (Fsp3) is 0.0571. The minimum absolute atomic E-state index is 0.174. The van der Waals surface area contributed by atoms with E-state index in [0.717, 1.165) is 112 Å². The van der Waals surface area contributed by atoms with E-state index in [4.69, 9.17) is 8.83 Å². The molecule has 11 aromatic carbocycles. The van der Waals surface area contributed by atoms with Crippen molar-refractivity contribution in [1.29, 1.82) is 0 Å². The lowest BCUT2D eigenvalue weighted by atomic mass is 9.33. The molecule has 4 heterocycles. The van der Waals surface area contributed by atoms with Crippen LogP contribution in [0.3, 0.4) is 0 Å². The molecule has 15 rings (SSSR count). The van der Waals surface area contributed by atoms with Gasteiger partial charge >= 0.3 is 0 Å². The molecule has 0 radical (unpaired) electrons. The predicted octanol–water partition coefficient (Wildman–Crippen LogP) is 17.7. The first kappa shape index (κ1) is 44.7. The highest BCUT2D eigenvalue weighted by Crippen LogP contribution is 2.52. The summed E-state index contributed by atoms with van der Waals surface area (Å²) in [6, 6.07) is 85.1. The molecule has 13 aromatic rings. The Hall–Kier alpha value is -9.72. The second-order valence-electron chi connectivity index (χ2n) is 20.6. The van der Waals surface area contributed by atoms with Crippen LogP contribution < -0.4 is 36.0 Å². The monoisotopic (exact) mass is 990 g/mol. The molecular formula is C70H51BN4O2. The van der Waals surface area contributed by atoms with Gasteiger partial charge in [-0.05, 0) is 151 Å². The molecule has 0 saturated carbocycles. The normalized spacial score (nSPS) is 12.6. The van der Waals surface area contributed by atoms with E-state index in [0.29, 0.717) is 0 Å². The summed E-state index contributed by atoms with van der Waals surface area (Å²) in [5.41, 5.74) is 24.7. The summed E-state index contributed by atoms with van der Waals surface area (Å²) in [5, 5.41) is 4.29. The molecular weight excluding hydrogens is 940 g/mol. The number of furan rings is 2. The van der Waals surface area contributed by atoms with Crippen molar-refractivity contribution >= 4 is 135 Å². The van der Waals surface area contributed by atoms with Gasteiger partial charge in [0, 0.05) is 79.2 Å². The van der Waals surface area contributed by atoms with E-state index in [-0.39, 0.29) is 6.71 Å². The third-order valence-electron chi connectivity index (χ3n) is 16.1. The lowest BCUT2D eigenvalue weighted by molar-refractivity contribution is 0.669. The zero-order valence-electron chi connectivity index (χ0n) is 43.2. The van der Waals surface area contributed by atoms with Gasteiger partial charge in [-0.2, -0.15) is 0 Å². The quantitative estimate of drug-likeness (QED) is 0.141. The van der Waals surface area contributed by atoms with Crippen LogP contribution in [0.5, 0.6) is 0 Å². The lowest BCUT2D eigenvalue weighted by Crippen LogP contribution is -2.61. The van der Waals surface area contributed by atoms with Crippen LogP contribution >= 0.6 is 0 Å². The molecule has 0 amide bonds. The van der Waals surface area contributed by atoms with Crippen LogP contribution in [0.1, 0.15) is 22.3 Å². The first-order valence-electron chi connectivity index (χ1n) is 26.5. The van der Waals surface area contributed by atoms with Gasteiger partial charge in [-0.1, -0.05) is 140 Å². The van der Waals surface area contributed by atoms with Gasteiger partial charge in [0.25, 0.3) is 6.71 Å². The molecule has 0 fully saturated rings. The molecule has 0 aliphatic carbocycles. The zero-order chi connectivity index (χ0) is 51.5. The zero-order valence-corrected chi connectivity index (χ0v) is 43.2. The maximum absolute atomic E-state index is 7.41. The molecule has 0 spiro atoms. The van der Waals surface area contributed by atoms with Crippen molar-refractivity contribution in [3.05, 3.63) is 259 Å². The second-order valence-corrected chi connectivity index (χ2v) is 20.6. The average Bonchev–Trinajstić information content (AvgIpc) is 4.27. The first-order valence-corrected chi connectivity index (χ1v) is 26.5. The van der Waals surface area contributed by atoms with Gasteiger partial charge in [0.2, 0.25) is 0 Å². The summed E-state index contributed by atoms with van der Waals surface area (Å²) >= 11 is 0. The van der Waals surface area contributed by atoms with E-state index >= 15 is 0 Å². The van der Waals surface area contributed by atoms with E-state index in [9.17, 15) is 0 Å². The SMILES string of the molecule is Cc1cccc(C)c1N1c2cccc3c2B(c2ccc4c(oc5cc(N(c6ccccc6)c6ccccc6)ccc54)c21)c1ccc2c(oc4cc(N(c5ccccc5)c5ccccc5)ccc42)c1N3c1c(C)cccc1C. The van der Waals surface area contributed by atoms with Gasteiger partial charge in [-0.25, -0.2) is 0 Å². The first-order chi connectivity index (χ1) is 37.9. The van der Waals surface area contributed by atoms with Crippen LogP contribution in [0, 0.1) is 27.7 Å².